The first kappa shape index (κ1) is 27.1. The second kappa shape index (κ2) is 10.7. The summed E-state index contributed by atoms with van der Waals surface area (Å²) in [5, 5.41) is 2.17. The fourth-order valence-corrected chi connectivity index (χ4v) is 9.83. The highest BCUT2D eigenvalue weighted by atomic mass is 28.4. The van der Waals surface area contributed by atoms with Crippen molar-refractivity contribution in [2.24, 2.45) is 5.92 Å². The average Bonchev–Trinajstić information content (AvgIpc) is 3.09. The summed E-state index contributed by atoms with van der Waals surface area (Å²) >= 11 is 0. The molecule has 1 aliphatic heterocycles. The monoisotopic (exact) mass is 495 g/mol. The Morgan fingerprint density at radius 2 is 1.46 bits per heavy atom. The summed E-state index contributed by atoms with van der Waals surface area (Å²) < 4.78 is 12.8. The van der Waals surface area contributed by atoms with Gasteiger partial charge < -0.3 is 9.16 Å². The molecule has 2 atom stereocenters. The van der Waals surface area contributed by atoms with Gasteiger partial charge in [0.1, 0.15) is 5.60 Å². The average molecular weight is 496 g/mol. The molecule has 35 heavy (non-hydrogen) atoms. The molecule has 0 radical (unpaired) electrons. The van der Waals surface area contributed by atoms with Crippen LogP contribution in [0.1, 0.15) is 67.7 Å². The van der Waals surface area contributed by atoms with Gasteiger partial charge in [-0.3, -0.25) is 4.79 Å². The number of ether oxygens (including phenoxy) is 1. The van der Waals surface area contributed by atoms with Crippen LogP contribution in [0, 0.1) is 5.92 Å². The van der Waals surface area contributed by atoms with Crippen LogP contribution in [0.25, 0.3) is 0 Å². The van der Waals surface area contributed by atoms with Gasteiger partial charge in [-0.25, -0.2) is 9.69 Å². The number of nitrogens with zero attached hydrogens (tertiary/aromatic N) is 1. The maximum absolute atomic E-state index is 13.1. The van der Waals surface area contributed by atoms with Crippen LogP contribution in [0.3, 0.4) is 0 Å². The molecule has 0 spiro atoms. The lowest BCUT2D eigenvalue weighted by molar-refractivity contribution is -0.128. The van der Waals surface area contributed by atoms with E-state index in [-0.39, 0.29) is 22.9 Å². The number of carbonyl (C=O) groups excluding carboxylic acids is 2. The molecule has 0 N–H and O–H groups in total. The van der Waals surface area contributed by atoms with Crippen molar-refractivity contribution in [3.8, 4) is 0 Å². The summed E-state index contributed by atoms with van der Waals surface area (Å²) in [7, 11) is -2.79. The van der Waals surface area contributed by atoms with Crippen LogP contribution in [0.5, 0.6) is 0 Å². The van der Waals surface area contributed by atoms with Crippen molar-refractivity contribution < 1.29 is 18.8 Å². The summed E-state index contributed by atoms with van der Waals surface area (Å²) in [5.74, 6) is -0.119. The van der Waals surface area contributed by atoms with E-state index in [1.807, 2.05) is 32.9 Å². The van der Waals surface area contributed by atoms with Gasteiger partial charge in [-0.05, 0) is 48.5 Å². The van der Waals surface area contributed by atoms with E-state index in [4.69, 9.17) is 9.16 Å². The van der Waals surface area contributed by atoms with Gasteiger partial charge in [0.05, 0.1) is 12.6 Å². The van der Waals surface area contributed by atoms with Crippen LogP contribution in [-0.4, -0.2) is 43.5 Å². The number of benzene rings is 2. The molecule has 1 aliphatic rings. The van der Waals surface area contributed by atoms with Gasteiger partial charge in [0, 0.05) is 6.42 Å². The lowest BCUT2D eigenvalue weighted by Gasteiger charge is -2.44. The Hall–Kier alpha value is -2.44. The van der Waals surface area contributed by atoms with Gasteiger partial charge >= 0.3 is 6.09 Å². The first-order valence-corrected chi connectivity index (χ1v) is 14.6. The Morgan fingerprint density at radius 1 is 0.943 bits per heavy atom. The smallest absolute Gasteiger partial charge is 0.417 e. The van der Waals surface area contributed by atoms with Crippen LogP contribution >= 0.6 is 0 Å². The quantitative estimate of drug-likeness (QED) is 0.475. The third kappa shape index (κ3) is 5.87. The molecule has 0 aliphatic carbocycles. The molecule has 1 heterocycles. The Morgan fingerprint density at radius 3 is 1.89 bits per heavy atom. The molecule has 0 bridgehead atoms. The third-order valence-electron chi connectivity index (χ3n) is 6.72. The zero-order valence-corrected chi connectivity index (χ0v) is 23.3. The SMILES string of the molecule is CCC[C@@H]1CC(=O)N(C(=O)OC(C)(C)C)[C@H]1CO[Si](c1ccccc1)(c1ccccc1)C(C)(C)C. The van der Waals surface area contributed by atoms with Crippen molar-refractivity contribution in [1.82, 2.24) is 4.90 Å². The highest BCUT2D eigenvalue weighted by molar-refractivity contribution is 6.99. The van der Waals surface area contributed by atoms with Crippen molar-refractivity contribution in [3.63, 3.8) is 0 Å². The second-order valence-electron chi connectivity index (χ2n) is 11.5. The van der Waals surface area contributed by atoms with Crippen molar-refractivity contribution in [2.45, 2.75) is 84.4 Å². The Kier molecular flexibility index (Phi) is 8.27. The van der Waals surface area contributed by atoms with Crippen molar-refractivity contribution >= 4 is 30.7 Å². The Balaban J connectivity index is 2.05. The van der Waals surface area contributed by atoms with Gasteiger partial charge in [-0.15, -0.1) is 0 Å². The fraction of sp³-hybridized carbons (Fsp3) is 0.517. The summed E-state index contributed by atoms with van der Waals surface area (Å²) in [6.07, 6.45) is 1.58. The Bertz CT molecular complexity index is 955. The number of hydrogen-bond donors (Lipinski definition) is 0. The van der Waals surface area contributed by atoms with E-state index >= 15 is 0 Å². The summed E-state index contributed by atoms with van der Waals surface area (Å²) in [6.45, 7) is 14.6. The van der Waals surface area contributed by atoms with Crippen LogP contribution in [-0.2, 0) is 14.0 Å². The molecule has 2 aromatic rings. The molecular weight excluding hydrogens is 454 g/mol. The topological polar surface area (TPSA) is 55.8 Å². The van der Waals surface area contributed by atoms with E-state index in [0.717, 1.165) is 12.8 Å². The van der Waals surface area contributed by atoms with E-state index in [0.29, 0.717) is 13.0 Å². The largest absolute Gasteiger partial charge is 0.443 e. The number of hydrogen-bond acceptors (Lipinski definition) is 4. The van der Waals surface area contributed by atoms with E-state index in [1.54, 1.807) is 0 Å². The van der Waals surface area contributed by atoms with Crippen LogP contribution < -0.4 is 10.4 Å². The standard InChI is InChI=1S/C29H41NO4Si/c1-8-15-22-20-26(31)30(27(32)34-28(2,3)4)25(22)21-33-35(29(5,6)7,23-16-11-9-12-17-23)24-18-13-10-14-19-24/h9-14,16-19,22,25H,8,15,20-21H2,1-7H3/t22-,25+/m1/s1. The highest BCUT2D eigenvalue weighted by Gasteiger charge is 2.52. The lowest BCUT2D eigenvalue weighted by atomic mass is 9.96. The fourth-order valence-electron chi connectivity index (χ4n) is 5.25. The predicted molar refractivity (Wildman–Crippen MR) is 143 cm³/mol. The summed E-state index contributed by atoms with van der Waals surface area (Å²) in [6, 6.07) is 20.5. The molecule has 190 valence electrons. The number of amides is 2. The minimum atomic E-state index is -2.79. The minimum absolute atomic E-state index is 0.0539. The van der Waals surface area contributed by atoms with Crippen LogP contribution in [0.4, 0.5) is 4.79 Å². The van der Waals surface area contributed by atoms with Crippen LogP contribution in [0.15, 0.2) is 60.7 Å². The predicted octanol–water partition coefficient (Wildman–Crippen LogP) is 5.52. The number of imide groups is 1. The lowest BCUT2D eigenvalue weighted by Crippen LogP contribution is -2.67. The molecule has 6 heteroatoms. The summed E-state index contributed by atoms with van der Waals surface area (Å²) in [5.41, 5.74) is -0.677. The van der Waals surface area contributed by atoms with Gasteiger partial charge in [0.2, 0.25) is 5.91 Å². The maximum Gasteiger partial charge on any atom is 0.417 e. The molecule has 3 rings (SSSR count). The molecule has 0 unspecified atom stereocenters. The summed E-state index contributed by atoms with van der Waals surface area (Å²) in [4.78, 5) is 27.5. The normalized spacial score (nSPS) is 19.2. The molecule has 1 saturated heterocycles. The van der Waals surface area contributed by atoms with Crippen LogP contribution in [0.2, 0.25) is 5.04 Å². The zero-order chi connectivity index (χ0) is 25.9. The molecule has 1 fully saturated rings. The number of carbonyl (C=O) groups is 2. The van der Waals surface area contributed by atoms with Gasteiger partial charge in [-0.2, -0.15) is 0 Å². The molecule has 2 aromatic carbocycles. The van der Waals surface area contributed by atoms with Gasteiger partial charge in [-0.1, -0.05) is 94.8 Å². The maximum atomic E-state index is 13.1. The van der Waals surface area contributed by atoms with Gasteiger partial charge in [0.15, 0.2) is 0 Å². The first-order valence-electron chi connectivity index (χ1n) is 12.7. The van der Waals surface area contributed by atoms with E-state index in [1.165, 1.54) is 15.3 Å². The van der Waals surface area contributed by atoms with Crippen molar-refractivity contribution in [1.29, 1.82) is 0 Å². The highest BCUT2D eigenvalue weighted by Crippen LogP contribution is 2.38. The van der Waals surface area contributed by atoms with E-state index < -0.39 is 20.0 Å². The molecule has 0 saturated carbocycles. The van der Waals surface area contributed by atoms with Gasteiger partial charge in [0.25, 0.3) is 8.32 Å². The second-order valence-corrected chi connectivity index (χ2v) is 15.8. The molecule has 0 aromatic heterocycles. The minimum Gasteiger partial charge on any atom is -0.443 e. The van der Waals surface area contributed by atoms with Crippen molar-refractivity contribution in [2.75, 3.05) is 6.61 Å². The number of likely N-dealkylation sites (tertiary alicyclic amines) is 1. The molecule has 2 amide bonds. The van der Waals surface area contributed by atoms with E-state index in [2.05, 4.69) is 76.2 Å². The van der Waals surface area contributed by atoms with Crippen molar-refractivity contribution in [3.05, 3.63) is 60.7 Å². The number of rotatable bonds is 7. The third-order valence-corrected chi connectivity index (χ3v) is 11.7. The molecule has 5 nitrogen and oxygen atoms in total. The van der Waals surface area contributed by atoms with E-state index in [9.17, 15) is 9.59 Å². The Labute approximate surface area is 212 Å². The zero-order valence-electron chi connectivity index (χ0n) is 22.3. The first-order chi connectivity index (χ1) is 16.4. The molecular formula is C29H41NO4Si.